The summed E-state index contributed by atoms with van der Waals surface area (Å²) in [6, 6.07) is 12.4. The number of pyridine rings is 1. The minimum Gasteiger partial charge on any atom is -0.387 e. The molecule has 3 rings (SSSR count). The molecular formula is C20H23FN6. The van der Waals surface area contributed by atoms with Gasteiger partial charge < -0.3 is 11.5 Å². The maximum Gasteiger partial charge on any atom is 0.222 e. The maximum atomic E-state index is 13.7. The number of nitrogen functional groups attached to an aromatic ring is 1. The Morgan fingerprint density at radius 3 is 2.44 bits per heavy atom. The lowest BCUT2D eigenvalue weighted by Crippen LogP contribution is -2.16. The fraction of sp³-hybridized carbons (Fsp3) is 0.200. The molecule has 2 aromatic heterocycles. The van der Waals surface area contributed by atoms with Gasteiger partial charge in [0.2, 0.25) is 5.95 Å². The number of nitrogens with zero attached hydrogens (tertiary/aromatic N) is 4. The van der Waals surface area contributed by atoms with Crippen LogP contribution in [0.4, 0.5) is 16.2 Å². The van der Waals surface area contributed by atoms with E-state index in [1.807, 2.05) is 51.1 Å². The lowest BCUT2D eigenvalue weighted by Gasteiger charge is -2.09. The van der Waals surface area contributed by atoms with Gasteiger partial charge in [-0.3, -0.25) is 4.98 Å². The molecule has 0 aliphatic rings. The number of rotatable bonds is 4. The molecule has 0 atom stereocenters. The quantitative estimate of drug-likeness (QED) is 0.539. The summed E-state index contributed by atoms with van der Waals surface area (Å²) in [6.07, 6.45) is 1.59. The largest absolute Gasteiger partial charge is 0.387 e. The highest BCUT2D eigenvalue weighted by Crippen LogP contribution is 2.28. The molecule has 6 nitrogen and oxygen atoms in total. The molecule has 4 N–H and O–H groups in total. The first kappa shape index (κ1) is 20.0. The van der Waals surface area contributed by atoms with Gasteiger partial charge in [0.25, 0.3) is 0 Å². The molecular weight excluding hydrogens is 343 g/mol. The lowest BCUT2D eigenvalue weighted by atomic mass is 10.1. The van der Waals surface area contributed by atoms with Crippen molar-refractivity contribution in [2.75, 3.05) is 5.73 Å². The minimum atomic E-state index is -0.426. The average molecular weight is 366 g/mol. The highest BCUT2D eigenvalue weighted by atomic mass is 19.1. The molecule has 0 radical (unpaired) electrons. The predicted molar refractivity (Wildman–Crippen MR) is 107 cm³/mol. The van der Waals surface area contributed by atoms with Gasteiger partial charge in [-0.15, -0.1) is 0 Å². The zero-order valence-corrected chi connectivity index (χ0v) is 15.6. The molecule has 2 heterocycles. The van der Waals surface area contributed by atoms with Crippen molar-refractivity contribution in [3.63, 3.8) is 0 Å². The molecule has 0 saturated heterocycles. The molecule has 3 aromatic rings. The van der Waals surface area contributed by atoms with E-state index >= 15 is 0 Å². The first-order valence-corrected chi connectivity index (χ1v) is 8.66. The summed E-state index contributed by atoms with van der Waals surface area (Å²) >= 11 is 0. The number of aromatic nitrogens is 3. The van der Waals surface area contributed by atoms with Gasteiger partial charge in [0.1, 0.15) is 11.7 Å². The number of anilines is 1. The molecule has 0 saturated carbocycles. The third-order valence-electron chi connectivity index (χ3n) is 3.62. The van der Waals surface area contributed by atoms with E-state index in [0.717, 1.165) is 11.1 Å². The van der Waals surface area contributed by atoms with Gasteiger partial charge in [0.15, 0.2) is 5.82 Å². The van der Waals surface area contributed by atoms with Crippen molar-refractivity contribution in [1.29, 1.82) is 0 Å². The number of aliphatic imine (C=N–C) groups is 1. The number of halogens is 1. The second kappa shape index (κ2) is 9.38. The Labute approximate surface area is 158 Å². The Balaban J connectivity index is 0.00000126. The molecule has 0 amide bonds. The van der Waals surface area contributed by atoms with Gasteiger partial charge in [-0.2, -0.15) is 4.98 Å². The number of nitrogens with two attached hydrogens (primary N) is 2. The number of hydrogen-bond donors (Lipinski definition) is 2. The molecule has 0 fully saturated rings. The van der Waals surface area contributed by atoms with Crippen molar-refractivity contribution < 1.29 is 4.39 Å². The van der Waals surface area contributed by atoms with Crippen molar-refractivity contribution in [3.05, 3.63) is 65.7 Å². The molecule has 27 heavy (non-hydrogen) atoms. The molecule has 7 heteroatoms. The Morgan fingerprint density at radius 1 is 1.07 bits per heavy atom. The van der Waals surface area contributed by atoms with Crippen LogP contribution in [0.3, 0.4) is 0 Å². The highest BCUT2D eigenvalue weighted by molar-refractivity contribution is 5.85. The van der Waals surface area contributed by atoms with Crippen LogP contribution < -0.4 is 11.5 Å². The molecule has 1 aromatic carbocycles. The van der Waals surface area contributed by atoms with Gasteiger partial charge >= 0.3 is 0 Å². The van der Waals surface area contributed by atoms with Crippen LogP contribution >= 0.6 is 0 Å². The molecule has 0 aliphatic heterocycles. The zero-order valence-electron chi connectivity index (χ0n) is 15.6. The van der Waals surface area contributed by atoms with Crippen LogP contribution in [0.15, 0.2) is 53.7 Å². The van der Waals surface area contributed by atoms with Crippen LogP contribution in [-0.2, 0) is 6.42 Å². The molecule has 0 aliphatic carbocycles. The fourth-order valence-electron chi connectivity index (χ4n) is 2.40. The van der Waals surface area contributed by atoms with E-state index in [2.05, 4.69) is 19.9 Å². The summed E-state index contributed by atoms with van der Waals surface area (Å²) in [5.74, 6) is 0.225. The second-order valence-electron chi connectivity index (χ2n) is 5.46. The lowest BCUT2D eigenvalue weighted by molar-refractivity contribution is 0.606. The van der Waals surface area contributed by atoms with Gasteiger partial charge in [0.05, 0.1) is 17.8 Å². The first-order valence-electron chi connectivity index (χ1n) is 8.66. The predicted octanol–water partition coefficient (Wildman–Crippen LogP) is 3.83. The van der Waals surface area contributed by atoms with Crippen LogP contribution in [0.1, 0.15) is 25.1 Å². The monoisotopic (exact) mass is 366 g/mol. The Morgan fingerprint density at radius 2 is 1.78 bits per heavy atom. The highest BCUT2D eigenvalue weighted by Gasteiger charge is 2.12. The Hall–Kier alpha value is -3.35. The molecule has 0 bridgehead atoms. The van der Waals surface area contributed by atoms with Gasteiger partial charge in [-0.05, 0) is 19.1 Å². The number of amidine groups is 1. The molecule has 0 spiro atoms. The minimum absolute atomic E-state index is 0.0801. The Bertz CT molecular complexity index is 925. The average Bonchev–Trinajstić information content (AvgIpc) is 2.68. The SMILES string of the molecule is CC.Cc1c(N=C(N)Cc2ncccc2F)nc(N)nc1-c1ccccc1. The third-order valence-corrected chi connectivity index (χ3v) is 3.62. The van der Waals surface area contributed by atoms with Crippen LogP contribution in [-0.4, -0.2) is 20.8 Å². The normalized spacial score (nSPS) is 10.9. The van der Waals surface area contributed by atoms with Crippen molar-refractivity contribution >= 4 is 17.6 Å². The van der Waals surface area contributed by atoms with E-state index in [0.29, 0.717) is 11.5 Å². The number of hydrogen-bond acceptors (Lipinski definition) is 5. The summed E-state index contributed by atoms with van der Waals surface area (Å²) in [6.45, 7) is 5.84. The summed E-state index contributed by atoms with van der Waals surface area (Å²) in [5, 5.41) is 0. The van der Waals surface area contributed by atoms with Crippen LogP contribution in [0.2, 0.25) is 0 Å². The Kier molecular flexibility index (Phi) is 6.93. The smallest absolute Gasteiger partial charge is 0.222 e. The van der Waals surface area contributed by atoms with Crippen LogP contribution in [0, 0.1) is 12.7 Å². The maximum absolute atomic E-state index is 13.7. The summed E-state index contributed by atoms with van der Waals surface area (Å²) < 4.78 is 13.7. The first-order chi connectivity index (χ1) is 13.0. The topological polar surface area (TPSA) is 103 Å². The van der Waals surface area contributed by atoms with E-state index < -0.39 is 5.82 Å². The van der Waals surface area contributed by atoms with Gasteiger partial charge in [-0.25, -0.2) is 14.4 Å². The summed E-state index contributed by atoms with van der Waals surface area (Å²) in [5.41, 5.74) is 14.3. The van der Waals surface area contributed by atoms with Crippen LogP contribution in [0.5, 0.6) is 0 Å². The zero-order chi connectivity index (χ0) is 19.8. The van der Waals surface area contributed by atoms with Crippen molar-refractivity contribution in [3.8, 4) is 11.3 Å². The van der Waals surface area contributed by atoms with Crippen LogP contribution in [0.25, 0.3) is 11.3 Å². The summed E-state index contributed by atoms with van der Waals surface area (Å²) in [4.78, 5) is 16.7. The van der Waals surface area contributed by atoms with E-state index in [1.165, 1.54) is 18.3 Å². The van der Waals surface area contributed by atoms with Crippen molar-refractivity contribution in [2.45, 2.75) is 27.2 Å². The fourth-order valence-corrected chi connectivity index (χ4v) is 2.40. The molecule has 140 valence electrons. The van der Waals surface area contributed by atoms with E-state index in [4.69, 9.17) is 11.5 Å². The molecule has 0 unspecified atom stereocenters. The van der Waals surface area contributed by atoms with E-state index in [9.17, 15) is 4.39 Å². The third kappa shape index (κ3) is 5.07. The number of benzene rings is 1. The van der Waals surface area contributed by atoms with E-state index in [-0.39, 0.29) is 23.9 Å². The van der Waals surface area contributed by atoms with E-state index in [1.54, 1.807) is 0 Å². The standard InChI is InChI=1S/C18H17FN6.C2H6/c1-11-16(12-6-3-2-4-7-12)24-18(21)25-17(11)23-15(20)10-14-13(19)8-5-9-22-14;1-2/h2-9H,10H2,1H3,(H4,20,21,23,24,25);1-2H3. The van der Waals surface area contributed by atoms with Gasteiger partial charge in [0, 0.05) is 17.3 Å². The van der Waals surface area contributed by atoms with Crippen molar-refractivity contribution in [2.24, 2.45) is 10.7 Å². The van der Waals surface area contributed by atoms with Gasteiger partial charge in [-0.1, -0.05) is 44.2 Å². The summed E-state index contributed by atoms with van der Waals surface area (Å²) in [7, 11) is 0. The van der Waals surface area contributed by atoms with Crippen molar-refractivity contribution in [1.82, 2.24) is 15.0 Å². The second-order valence-corrected chi connectivity index (χ2v) is 5.46.